The van der Waals surface area contributed by atoms with Crippen LogP contribution in [0.1, 0.15) is 12.8 Å². The van der Waals surface area contributed by atoms with Crippen LogP contribution in [0.25, 0.3) is 0 Å². The smallest absolute Gasteiger partial charge is 0.225 e. The summed E-state index contributed by atoms with van der Waals surface area (Å²) in [5.74, 6) is 1.06. The summed E-state index contributed by atoms with van der Waals surface area (Å²) in [6.45, 7) is 4.23. The number of nitrogens with one attached hydrogen (secondary N) is 2. The van der Waals surface area contributed by atoms with Crippen LogP contribution in [0.5, 0.6) is 0 Å². The van der Waals surface area contributed by atoms with Gasteiger partial charge in [-0.2, -0.15) is 0 Å². The van der Waals surface area contributed by atoms with Gasteiger partial charge in [0.15, 0.2) is 0 Å². The minimum atomic E-state index is 0. The number of hydrogen-bond donors (Lipinski definition) is 2. The fourth-order valence-electron chi connectivity index (χ4n) is 1.81. The zero-order chi connectivity index (χ0) is 9.80. The lowest BCUT2D eigenvalue weighted by atomic mass is 9.99. The predicted molar refractivity (Wildman–Crippen MR) is 60.2 cm³/mol. The number of hydrogen-bond acceptors (Lipinski definition) is 3. The Bertz CT molecular complexity index is 204. The van der Waals surface area contributed by atoms with Crippen molar-refractivity contribution in [2.45, 2.75) is 12.8 Å². The Labute approximate surface area is 96.5 Å². The lowest BCUT2D eigenvalue weighted by Gasteiger charge is -2.28. The molecule has 2 aliphatic rings. The second-order valence-electron chi connectivity index (χ2n) is 4.16. The van der Waals surface area contributed by atoms with Crippen LogP contribution in [0.2, 0.25) is 0 Å². The third kappa shape index (κ3) is 3.63. The van der Waals surface area contributed by atoms with Crippen molar-refractivity contribution in [1.29, 1.82) is 0 Å². The average molecular weight is 235 g/mol. The summed E-state index contributed by atoms with van der Waals surface area (Å²) >= 11 is 0. The Morgan fingerprint density at radius 3 is 2.53 bits per heavy atom. The molecule has 2 heterocycles. The van der Waals surface area contributed by atoms with E-state index in [1.807, 2.05) is 0 Å². The molecule has 2 N–H and O–H groups in total. The third-order valence-corrected chi connectivity index (χ3v) is 3.06. The van der Waals surface area contributed by atoms with E-state index in [0.29, 0.717) is 5.92 Å². The molecular weight excluding hydrogens is 216 g/mol. The van der Waals surface area contributed by atoms with Gasteiger partial charge in [0.05, 0.1) is 5.92 Å². The van der Waals surface area contributed by atoms with Crippen molar-refractivity contribution in [3.05, 3.63) is 0 Å². The second-order valence-corrected chi connectivity index (χ2v) is 4.16. The van der Waals surface area contributed by atoms with Gasteiger partial charge >= 0.3 is 0 Å². The van der Waals surface area contributed by atoms with Crippen molar-refractivity contribution in [3.63, 3.8) is 0 Å². The molecule has 0 aromatic carbocycles. The van der Waals surface area contributed by atoms with Crippen LogP contribution < -0.4 is 10.6 Å². The van der Waals surface area contributed by atoms with E-state index in [1.54, 1.807) is 0 Å². The second kappa shape index (κ2) is 6.30. The van der Waals surface area contributed by atoms with Gasteiger partial charge in [0.1, 0.15) is 0 Å². The van der Waals surface area contributed by atoms with Gasteiger partial charge in [0, 0.05) is 32.8 Å². The van der Waals surface area contributed by atoms with Crippen molar-refractivity contribution in [2.24, 2.45) is 11.8 Å². The molecule has 0 unspecified atom stereocenters. The van der Waals surface area contributed by atoms with E-state index < -0.39 is 0 Å². The molecule has 4 nitrogen and oxygen atoms in total. The Kier molecular flexibility index (Phi) is 5.36. The van der Waals surface area contributed by atoms with E-state index in [4.69, 9.17) is 4.74 Å². The van der Waals surface area contributed by atoms with E-state index in [9.17, 15) is 4.79 Å². The van der Waals surface area contributed by atoms with Crippen LogP contribution >= 0.6 is 12.4 Å². The molecule has 0 saturated carbocycles. The molecule has 0 radical (unpaired) electrons. The maximum absolute atomic E-state index is 11.5. The number of carbonyl (C=O) groups is 1. The van der Waals surface area contributed by atoms with Gasteiger partial charge in [0.2, 0.25) is 5.91 Å². The summed E-state index contributed by atoms with van der Waals surface area (Å²) in [4.78, 5) is 11.5. The van der Waals surface area contributed by atoms with Gasteiger partial charge in [-0.25, -0.2) is 0 Å². The molecular formula is C10H19ClN2O2. The minimum absolute atomic E-state index is 0. The molecule has 2 aliphatic heterocycles. The molecule has 0 aliphatic carbocycles. The van der Waals surface area contributed by atoms with Gasteiger partial charge in [-0.3, -0.25) is 4.79 Å². The lowest BCUT2D eigenvalue weighted by molar-refractivity contribution is -0.126. The normalized spacial score (nSPS) is 22.7. The molecule has 2 rings (SSSR count). The van der Waals surface area contributed by atoms with Gasteiger partial charge in [0.25, 0.3) is 0 Å². The van der Waals surface area contributed by atoms with E-state index >= 15 is 0 Å². The van der Waals surface area contributed by atoms with Gasteiger partial charge in [-0.15, -0.1) is 12.4 Å². The molecule has 0 aromatic rings. The molecule has 2 saturated heterocycles. The number of rotatable bonds is 3. The van der Waals surface area contributed by atoms with Crippen LogP contribution in [0.15, 0.2) is 0 Å². The largest absolute Gasteiger partial charge is 0.381 e. The van der Waals surface area contributed by atoms with Crippen molar-refractivity contribution >= 4 is 18.3 Å². The maximum Gasteiger partial charge on any atom is 0.225 e. The molecule has 1 amide bonds. The number of halogens is 1. The number of carbonyl (C=O) groups excluding carboxylic acids is 1. The Morgan fingerprint density at radius 2 is 2.00 bits per heavy atom. The standard InChI is InChI=1S/C10H18N2O2.ClH/c13-10(9-6-11-7-9)12-5-8-1-3-14-4-2-8;/h8-9,11H,1-7H2,(H,12,13);1H. The molecule has 0 spiro atoms. The van der Waals surface area contributed by atoms with Crippen LogP contribution in [0.3, 0.4) is 0 Å². The molecule has 88 valence electrons. The first-order valence-electron chi connectivity index (χ1n) is 5.42. The van der Waals surface area contributed by atoms with Crippen molar-refractivity contribution in [1.82, 2.24) is 10.6 Å². The Morgan fingerprint density at radius 1 is 1.33 bits per heavy atom. The molecule has 5 heteroatoms. The summed E-state index contributed by atoms with van der Waals surface area (Å²) in [7, 11) is 0. The fourth-order valence-corrected chi connectivity index (χ4v) is 1.81. The molecule has 0 bridgehead atoms. The highest BCUT2D eigenvalue weighted by Crippen LogP contribution is 2.13. The topological polar surface area (TPSA) is 50.4 Å². The highest BCUT2D eigenvalue weighted by molar-refractivity contribution is 5.85. The highest BCUT2D eigenvalue weighted by Gasteiger charge is 2.25. The first-order chi connectivity index (χ1) is 6.86. The number of ether oxygens (including phenoxy) is 1. The summed E-state index contributed by atoms with van der Waals surface area (Å²) in [5, 5.41) is 6.12. The quantitative estimate of drug-likeness (QED) is 0.732. The summed E-state index contributed by atoms with van der Waals surface area (Å²) in [6, 6.07) is 0. The van der Waals surface area contributed by atoms with E-state index in [1.165, 1.54) is 0 Å². The van der Waals surface area contributed by atoms with Crippen LogP contribution in [0, 0.1) is 11.8 Å². The monoisotopic (exact) mass is 234 g/mol. The first-order valence-corrected chi connectivity index (χ1v) is 5.42. The van der Waals surface area contributed by atoms with Crippen molar-refractivity contribution in [2.75, 3.05) is 32.8 Å². The first kappa shape index (κ1) is 12.7. The summed E-state index contributed by atoms with van der Waals surface area (Å²) < 4.78 is 5.26. The van der Waals surface area contributed by atoms with Gasteiger partial charge < -0.3 is 15.4 Å². The molecule has 15 heavy (non-hydrogen) atoms. The van der Waals surface area contributed by atoms with Gasteiger partial charge in [-0.05, 0) is 18.8 Å². The van der Waals surface area contributed by atoms with Crippen molar-refractivity contribution in [3.8, 4) is 0 Å². The molecule has 0 atom stereocenters. The number of amides is 1. The van der Waals surface area contributed by atoms with E-state index in [-0.39, 0.29) is 24.2 Å². The molecule has 0 aromatic heterocycles. The Balaban J connectivity index is 0.00000112. The fraction of sp³-hybridized carbons (Fsp3) is 0.900. The average Bonchev–Trinajstić information content (AvgIpc) is 2.14. The lowest BCUT2D eigenvalue weighted by Crippen LogP contribution is -2.51. The van der Waals surface area contributed by atoms with Gasteiger partial charge in [-0.1, -0.05) is 0 Å². The highest BCUT2D eigenvalue weighted by atomic mass is 35.5. The van der Waals surface area contributed by atoms with Crippen LogP contribution in [0.4, 0.5) is 0 Å². The zero-order valence-corrected chi connectivity index (χ0v) is 9.65. The summed E-state index contributed by atoms with van der Waals surface area (Å²) in [6.07, 6.45) is 2.17. The maximum atomic E-state index is 11.5. The predicted octanol–water partition coefficient (Wildman–Crippen LogP) is 0.170. The minimum Gasteiger partial charge on any atom is -0.381 e. The van der Waals surface area contributed by atoms with Crippen LogP contribution in [-0.4, -0.2) is 38.8 Å². The SMILES string of the molecule is Cl.O=C(NCC1CCOCC1)C1CNC1. The van der Waals surface area contributed by atoms with E-state index in [0.717, 1.165) is 45.7 Å². The van der Waals surface area contributed by atoms with Crippen molar-refractivity contribution < 1.29 is 9.53 Å². The summed E-state index contributed by atoms with van der Waals surface area (Å²) in [5.41, 5.74) is 0. The van der Waals surface area contributed by atoms with E-state index in [2.05, 4.69) is 10.6 Å². The third-order valence-electron chi connectivity index (χ3n) is 3.06. The van der Waals surface area contributed by atoms with Crippen LogP contribution in [-0.2, 0) is 9.53 Å². The molecule has 2 fully saturated rings. The Hall–Kier alpha value is -0.320. The zero-order valence-electron chi connectivity index (χ0n) is 8.83.